The maximum Gasteiger partial charge on any atom is 0.243 e. The standard InChI is InChI=1S/C19H22ClN5O2S2/c1-3-24(4-2)29(26,27)17-7-5-6-15(12-17)18-22-23-19(25(18)21)28-13-14-8-10-16(20)11-9-14/h5-12H,3-4,13,21H2,1-2H3. The van der Waals surface area contributed by atoms with Gasteiger partial charge in [-0.1, -0.05) is 61.5 Å². The van der Waals surface area contributed by atoms with Gasteiger partial charge in [-0.3, -0.25) is 0 Å². The summed E-state index contributed by atoms with van der Waals surface area (Å²) < 4.78 is 28.4. The van der Waals surface area contributed by atoms with E-state index in [1.807, 2.05) is 38.1 Å². The number of benzene rings is 2. The minimum absolute atomic E-state index is 0.206. The Bertz CT molecular complexity index is 1080. The van der Waals surface area contributed by atoms with Gasteiger partial charge < -0.3 is 5.84 Å². The third-order valence-electron chi connectivity index (χ3n) is 4.38. The third kappa shape index (κ3) is 4.75. The van der Waals surface area contributed by atoms with Crippen LogP contribution in [0.2, 0.25) is 5.02 Å². The van der Waals surface area contributed by atoms with Crippen LogP contribution in [0.3, 0.4) is 0 Å². The van der Waals surface area contributed by atoms with Crippen LogP contribution in [0, 0.1) is 0 Å². The number of rotatable bonds is 8. The molecule has 7 nitrogen and oxygen atoms in total. The lowest BCUT2D eigenvalue weighted by Gasteiger charge is -2.18. The van der Waals surface area contributed by atoms with E-state index in [1.54, 1.807) is 24.3 Å². The van der Waals surface area contributed by atoms with E-state index < -0.39 is 10.0 Å². The first-order valence-electron chi connectivity index (χ1n) is 9.05. The number of nitrogen functional groups attached to an aromatic ring is 1. The first kappa shape index (κ1) is 21.6. The van der Waals surface area contributed by atoms with Gasteiger partial charge in [0, 0.05) is 29.4 Å². The predicted molar refractivity (Wildman–Crippen MR) is 117 cm³/mol. The Morgan fingerprint density at radius 1 is 1.10 bits per heavy atom. The maximum absolute atomic E-state index is 12.8. The lowest BCUT2D eigenvalue weighted by atomic mass is 10.2. The van der Waals surface area contributed by atoms with Crippen molar-refractivity contribution in [3.63, 3.8) is 0 Å². The quantitative estimate of drug-likeness (QED) is 0.415. The minimum atomic E-state index is -3.57. The van der Waals surface area contributed by atoms with Gasteiger partial charge in [-0.2, -0.15) is 4.31 Å². The molecule has 2 N–H and O–H groups in total. The van der Waals surface area contributed by atoms with E-state index in [2.05, 4.69) is 10.2 Å². The zero-order chi connectivity index (χ0) is 21.0. The molecule has 0 saturated carbocycles. The fraction of sp³-hybridized carbons (Fsp3) is 0.263. The van der Waals surface area contributed by atoms with Crippen LogP contribution in [0.15, 0.2) is 58.6 Å². The highest BCUT2D eigenvalue weighted by Gasteiger charge is 2.23. The molecule has 3 aromatic rings. The van der Waals surface area contributed by atoms with Crippen LogP contribution in [0.5, 0.6) is 0 Å². The van der Waals surface area contributed by atoms with E-state index in [0.29, 0.717) is 40.4 Å². The van der Waals surface area contributed by atoms with Gasteiger partial charge >= 0.3 is 0 Å². The summed E-state index contributed by atoms with van der Waals surface area (Å²) in [6, 6.07) is 14.1. The van der Waals surface area contributed by atoms with E-state index in [1.165, 1.54) is 20.7 Å². The largest absolute Gasteiger partial charge is 0.335 e. The highest BCUT2D eigenvalue weighted by Crippen LogP contribution is 2.27. The Balaban J connectivity index is 1.84. The lowest BCUT2D eigenvalue weighted by Crippen LogP contribution is -2.30. The Morgan fingerprint density at radius 2 is 1.79 bits per heavy atom. The molecular weight excluding hydrogens is 430 g/mol. The molecule has 3 rings (SSSR count). The van der Waals surface area contributed by atoms with Crippen LogP contribution >= 0.6 is 23.4 Å². The average Bonchev–Trinajstić information content (AvgIpc) is 3.09. The maximum atomic E-state index is 12.8. The van der Waals surface area contributed by atoms with Gasteiger partial charge in [0.25, 0.3) is 0 Å². The number of hydrogen-bond acceptors (Lipinski definition) is 6. The van der Waals surface area contributed by atoms with Gasteiger partial charge in [-0.15, -0.1) is 10.2 Å². The number of hydrogen-bond donors (Lipinski definition) is 1. The van der Waals surface area contributed by atoms with E-state index in [4.69, 9.17) is 17.4 Å². The average molecular weight is 452 g/mol. The molecule has 0 saturated heterocycles. The second-order valence-corrected chi connectivity index (χ2v) is 9.53. The first-order chi connectivity index (χ1) is 13.9. The summed E-state index contributed by atoms with van der Waals surface area (Å²) in [4.78, 5) is 0.206. The molecule has 1 aromatic heterocycles. The summed E-state index contributed by atoms with van der Waals surface area (Å²) >= 11 is 7.35. The van der Waals surface area contributed by atoms with Gasteiger partial charge in [-0.25, -0.2) is 13.1 Å². The highest BCUT2D eigenvalue weighted by atomic mass is 35.5. The molecule has 0 aliphatic carbocycles. The molecule has 29 heavy (non-hydrogen) atoms. The monoisotopic (exact) mass is 451 g/mol. The Morgan fingerprint density at radius 3 is 2.45 bits per heavy atom. The SMILES string of the molecule is CCN(CC)S(=O)(=O)c1cccc(-c2nnc(SCc3ccc(Cl)cc3)n2N)c1. The van der Waals surface area contributed by atoms with Gasteiger partial charge in [0.15, 0.2) is 5.82 Å². The summed E-state index contributed by atoms with van der Waals surface area (Å²) in [6.07, 6.45) is 0. The van der Waals surface area contributed by atoms with Crippen molar-refractivity contribution in [3.8, 4) is 11.4 Å². The topological polar surface area (TPSA) is 94.1 Å². The molecule has 1 heterocycles. The molecule has 0 amide bonds. The predicted octanol–water partition coefficient (Wildman–Crippen LogP) is 3.64. The van der Waals surface area contributed by atoms with Crippen LogP contribution in [0.4, 0.5) is 0 Å². The van der Waals surface area contributed by atoms with Crippen molar-refractivity contribution in [3.05, 3.63) is 59.1 Å². The zero-order valence-corrected chi connectivity index (χ0v) is 18.5. The summed E-state index contributed by atoms with van der Waals surface area (Å²) in [5.41, 5.74) is 1.67. The van der Waals surface area contributed by atoms with Crippen molar-refractivity contribution in [2.75, 3.05) is 18.9 Å². The van der Waals surface area contributed by atoms with Gasteiger partial charge in [0.05, 0.1) is 4.90 Å². The normalized spacial score (nSPS) is 11.9. The number of sulfonamides is 1. The molecule has 10 heteroatoms. The molecule has 2 aromatic carbocycles. The van der Waals surface area contributed by atoms with E-state index >= 15 is 0 Å². The smallest absolute Gasteiger partial charge is 0.243 e. The second-order valence-electron chi connectivity index (χ2n) is 6.21. The molecule has 154 valence electrons. The lowest BCUT2D eigenvalue weighted by molar-refractivity contribution is 0.445. The summed E-state index contributed by atoms with van der Waals surface area (Å²) in [6.45, 7) is 4.43. The van der Waals surface area contributed by atoms with Crippen LogP contribution in [0.25, 0.3) is 11.4 Å². The van der Waals surface area contributed by atoms with E-state index in [9.17, 15) is 8.42 Å². The van der Waals surface area contributed by atoms with Crippen molar-refractivity contribution >= 4 is 33.4 Å². The summed E-state index contributed by atoms with van der Waals surface area (Å²) in [5.74, 6) is 7.24. The number of halogens is 1. The van der Waals surface area contributed by atoms with Crippen molar-refractivity contribution in [1.29, 1.82) is 0 Å². The molecule has 0 aliphatic rings. The molecule has 0 unspecified atom stereocenters. The summed E-state index contributed by atoms with van der Waals surface area (Å²) in [5, 5.41) is 9.52. The number of aromatic nitrogens is 3. The molecule has 0 aliphatic heterocycles. The molecular formula is C19H22ClN5O2S2. The minimum Gasteiger partial charge on any atom is -0.335 e. The van der Waals surface area contributed by atoms with Crippen molar-refractivity contribution in [1.82, 2.24) is 19.2 Å². The zero-order valence-electron chi connectivity index (χ0n) is 16.1. The number of thioether (sulfide) groups is 1. The Labute approximate surface area is 179 Å². The molecule has 0 fully saturated rings. The van der Waals surface area contributed by atoms with Gasteiger partial charge in [-0.05, 0) is 29.8 Å². The van der Waals surface area contributed by atoms with Crippen LogP contribution in [0.1, 0.15) is 19.4 Å². The van der Waals surface area contributed by atoms with Crippen molar-refractivity contribution in [2.24, 2.45) is 0 Å². The molecule has 0 spiro atoms. The van der Waals surface area contributed by atoms with Gasteiger partial charge in [0.2, 0.25) is 15.2 Å². The molecule has 0 bridgehead atoms. The van der Waals surface area contributed by atoms with E-state index in [0.717, 1.165) is 5.56 Å². The summed E-state index contributed by atoms with van der Waals surface area (Å²) in [7, 11) is -3.57. The second kappa shape index (κ2) is 9.17. The molecule has 0 radical (unpaired) electrons. The number of nitrogens with two attached hydrogens (primary N) is 1. The fourth-order valence-electron chi connectivity index (χ4n) is 2.81. The van der Waals surface area contributed by atoms with Crippen molar-refractivity contribution < 1.29 is 8.42 Å². The number of nitrogens with zero attached hydrogens (tertiary/aromatic N) is 4. The van der Waals surface area contributed by atoms with Gasteiger partial charge in [0.1, 0.15) is 0 Å². The highest BCUT2D eigenvalue weighted by molar-refractivity contribution is 7.98. The van der Waals surface area contributed by atoms with Crippen molar-refractivity contribution in [2.45, 2.75) is 29.7 Å². The first-order valence-corrected chi connectivity index (χ1v) is 11.9. The Kier molecular flexibility index (Phi) is 6.84. The third-order valence-corrected chi connectivity index (χ3v) is 7.69. The fourth-order valence-corrected chi connectivity index (χ4v) is 5.25. The van der Waals surface area contributed by atoms with Crippen LogP contribution < -0.4 is 5.84 Å². The van der Waals surface area contributed by atoms with Crippen LogP contribution in [-0.4, -0.2) is 40.7 Å². The van der Waals surface area contributed by atoms with Crippen LogP contribution in [-0.2, 0) is 15.8 Å². The van der Waals surface area contributed by atoms with E-state index in [-0.39, 0.29) is 4.90 Å². The Hall–Kier alpha value is -2.07. The molecule has 0 atom stereocenters.